The maximum absolute atomic E-state index is 13.1. The van der Waals surface area contributed by atoms with Crippen LogP contribution >= 0.6 is 0 Å². The number of amides is 1. The molecule has 0 radical (unpaired) electrons. The Bertz CT molecular complexity index is 1100. The molecule has 9 heteroatoms. The van der Waals surface area contributed by atoms with Gasteiger partial charge in [0.1, 0.15) is 17.2 Å². The number of ether oxygens (including phenoxy) is 1. The summed E-state index contributed by atoms with van der Waals surface area (Å²) < 4.78 is 45.9. The van der Waals surface area contributed by atoms with Crippen LogP contribution in [0.3, 0.4) is 0 Å². The van der Waals surface area contributed by atoms with Crippen LogP contribution in [-0.2, 0) is 6.18 Å². The Kier molecular flexibility index (Phi) is 5.99. The Hall–Kier alpha value is -3.23. The lowest BCUT2D eigenvalue weighted by atomic mass is 9.90. The van der Waals surface area contributed by atoms with Crippen molar-refractivity contribution < 1.29 is 22.7 Å². The molecular formula is C23H25F3N4O2. The highest BCUT2D eigenvalue weighted by Gasteiger charge is 2.34. The number of benzene rings is 1. The van der Waals surface area contributed by atoms with Crippen molar-refractivity contribution in [3.8, 4) is 5.75 Å². The smallest absolute Gasteiger partial charge is 0.434 e. The minimum absolute atomic E-state index is 0.0548. The number of methoxy groups -OCH3 is 1. The van der Waals surface area contributed by atoms with Crippen LogP contribution in [0.15, 0.2) is 48.7 Å². The fraction of sp³-hybridized carbons (Fsp3) is 0.391. The van der Waals surface area contributed by atoms with E-state index in [1.807, 2.05) is 11.9 Å². The van der Waals surface area contributed by atoms with Gasteiger partial charge in [0.15, 0.2) is 5.69 Å². The van der Waals surface area contributed by atoms with E-state index in [1.165, 1.54) is 4.40 Å². The average Bonchev–Trinajstić information content (AvgIpc) is 3.24. The standard InChI is InChI=1S/C23H25F3N4O2/c1-29(21-8-4-7-20-28-19(14-30(20)21)23(24,25)26)17-11-9-16(10-12-17)27-22(31)15-5-3-6-18(13-15)32-2/h3-8,13-14,16-17H,9-12H2,1-2H3,(H,27,31). The predicted molar refractivity (Wildman–Crippen MR) is 115 cm³/mol. The molecule has 2 heterocycles. The third kappa shape index (κ3) is 4.51. The fourth-order valence-electron chi connectivity index (χ4n) is 4.25. The quantitative estimate of drug-likeness (QED) is 0.625. The molecule has 0 bridgehead atoms. The first-order valence-corrected chi connectivity index (χ1v) is 10.5. The second-order valence-corrected chi connectivity index (χ2v) is 8.06. The summed E-state index contributed by atoms with van der Waals surface area (Å²) >= 11 is 0. The third-order valence-corrected chi connectivity index (χ3v) is 6.03. The molecule has 1 amide bonds. The van der Waals surface area contributed by atoms with Gasteiger partial charge in [-0.3, -0.25) is 9.20 Å². The molecule has 1 aliphatic rings. The van der Waals surface area contributed by atoms with Gasteiger partial charge in [-0.2, -0.15) is 13.2 Å². The van der Waals surface area contributed by atoms with Crippen molar-refractivity contribution >= 4 is 17.4 Å². The summed E-state index contributed by atoms with van der Waals surface area (Å²) in [4.78, 5) is 18.3. The predicted octanol–water partition coefficient (Wildman–Crippen LogP) is 4.54. The van der Waals surface area contributed by atoms with E-state index in [4.69, 9.17) is 4.74 Å². The summed E-state index contributed by atoms with van der Waals surface area (Å²) in [7, 11) is 3.45. The first kappa shape index (κ1) is 22.0. The molecule has 3 aromatic rings. The Morgan fingerprint density at radius 2 is 1.88 bits per heavy atom. The molecule has 2 aromatic heterocycles. The highest BCUT2D eigenvalue weighted by molar-refractivity contribution is 5.94. The average molecular weight is 446 g/mol. The Morgan fingerprint density at radius 1 is 1.16 bits per heavy atom. The highest BCUT2D eigenvalue weighted by atomic mass is 19.4. The number of fused-ring (bicyclic) bond motifs is 1. The number of pyridine rings is 1. The van der Waals surface area contributed by atoms with Crippen LogP contribution < -0.4 is 15.0 Å². The first-order chi connectivity index (χ1) is 15.3. The fourth-order valence-corrected chi connectivity index (χ4v) is 4.25. The SMILES string of the molecule is COc1cccc(C(=O)NC2CCC(N(C)c3cccc4nc(C(F)(F)F)cn34)CC2)c1. The van der Waals surface area contributed by atoms with Gasteiger partial charge in [0.2, 0.25) is 0 Å². The van der Waals surface area contributed by atoms with E-state index in [0.717, 1.165) is 31.9 Å². The lowest BCUT2D eigenvalue weighted by Gasteiger charge is -2.36. The maximum atomic E-state index is 13.1. The zero-order valence-electron chi connectivity index (χ0n) is 17.9. The molecule has 32 heavy (non-hydrogen) atoms. The molecule has 0 atom stereocenters. The van der Waals surface area contributed by atoms with Gasteiger partial charge in [0.05, 0.1) is 7.11 Å². The maximum Gasteiger partial charge on any atom is 0.434 e. The number of rotatable bonds is 5. The number of carbonyl (C=O) groups is 1. The summed E-state index contributed by atoms with van der Waals surface area (Å²) in [6, 6.07) is 12.3. The zero-order valence-corrected chi connectivity index (χ0v) is 17.9. The van der Waals surface area contributed by atoms with E-state index in [-0.39, 0.29) is 23.6 Å². The number of hydrogen-bond acceptors (Lipinski definition) is 4. The third-order valence-electron chi connectivity index (χ3n) is 6.03. The number of nitrogens with one attached hydrogen (secondary N) is 1. The van der Waals surface area contributed by atoms with Crippen molar-refractivity contribution in [2.24, 2.45) is 0 Å². The highest BCUT2D eigenvalue weighted by Crippen LogP contribution is 2.31. The number of hydrogen-bond donors (Lipinski definition) is 1. The van der Waals surface area contributed by atoms with Crippen LogP contribution in [0.25, 0.3) is 5.65 Å². The van der Waals surface area contributed by atoms with Crippen molar-refractivity contribution in [1.82, 2.24) is 14.7 Å². The van der Waals surface area contributed by atoms with E-state index in [2.05, 4.69) is 10.3 Å². The number of aromatic nitrogens is 2. The summed E-state index contributed by atoms with van der Waals surface area (Å²) in [5.74, 6) is 1.16. The molecule has 1 aromatic carbocycles. The molecule has 0 saturated heterocycles. The summed E-state index contributed by atoms with van der Waals surface area (Å²) in [5.41, 5.74) is -0.0842. The first-order valence-electron chi connectivity index (χ1n) is 10.5. The topological polar surface area (TPSA) is 58.9 Å². The van der Waals surface area contributed by atoms with Gasteiger partial charge in [-0.1, -0.05) is 12.1 Å². The van der Waals surface area contributed by atoms with Crippen LogP contribution in [0.5, 0.6) is 5.75 Å². The van der Waals surface area contributed by atoms with Crippen LogP contribution in [0.2, 0.25) is 0 Å². The molecule has 1 saturated carbocycles. The summed E-state index contributed by atoms with van der Waals surface area (Å²) in [5, 5.41) is 3.08. The van der Waals surface area contributed by atoms with Gasteiger partial charge in [0, 0.05) is 30.9 Å². The number of halogens is 3. The number of anilines is 1. The number of nitrogens with zero attached hydrogens (tertiary/aromatic N) is 3. The molecule has 0 unspecified atom stereocenters. The summed E-state index contributed by atoms with van der Waals surface area (Å²) in [6.07, 6.45) is -0.230. The molecule has 4 rings (SSSR count). The Morgan fingerprint density at radius 3 is 2.56 bits per heavy atom. The van der Waals surface area contributed by atoms with Crippen molar-refractivity contribution in [3.05, 3.63) is 59.9 Å². The minimum atomic E-state index is -4.49. The lowest BCUT2D eigenvalue weighted by Crippen LogP contribution is -2.43. The number of alkyl halides is 3. The van der Waals surface area contributed by atoms with E-state index < -0.39 is 11.9 Å². The second-order valence-electron chi connectivity index (χ2n) is 8.06. The molecular weight excluding hydrogens is 421 g/mol. The normalized spacial score (nSPS) is 19.0. The minimum Gasteiger partial charge on any atom is -0.497 e. The van der Waals surface area contributed by atoms with Gasteiger partial charge < -0.3 is 15.0 Å². The molecule has 0 spiro atoms. The van der Waals surface area contributed by atoms with Gasteiger partial charge >= 0.3 is 6.18 Å². The largest absolute Gasteiger partial charge is 0.497 e. The van der Waals surface area contributed by atoms with Gasteiger partial charge in [-0.15, -0.1) is 0 Å². The molecule has 1 fully saturated rings. The molecule has 0 aliphatic heterocycles. The number of imidazole rings is 1. The Labute approximate surface area is 184 Å². The van der Waals surface area contributed by atoms with Crippen LogP contribution in [0.4, 0.5) is 19.0 Å². The van der Waals surface area contributed by atoms with E-state index in [1.54, 1.807) is 49.6 Å². The zero-order chi connectivity index (χ0) is 22.9. The summed E-state index contributed by atoms with van der Waals surface area (Å²) in [6.45, 7) is 0. The van der Waals surface area contributed by atoms with Crippen molar-refractivity contribution in [3.63, 3.8) is 0 Å². The lowest BCUT2D eigenvalue weighted by molar-refractivity contribution is -0.140. The second kappa shape index (κ2) is 8.72. The monoisotopic (exact) mass is 446 g/mol. The Balaban J connectivity index is 1.41. The van der Waals surface area contributed by atoms with Crippen LogP contribution in [0, 0.1) is 0 Å². The molecule has 170 valence electrons. The van der Waals surface area contributed by atoms with Crippen molar-refractivity contribution in [2.75, 3.05) is 19.1 Å². The van der Waals surface area contributed by atoms with Crippen molar-refractivity contribution in [2.45, 2.75) is 43.9 Å². The van der Waals surface area contributed by atoms with Gasteiger partial charge in [0.25, 0.3) is 5.91 Å². The van der Waals surface area contributed by atoms with E-state index in [0.29, 0.717) is 17.1 Å². The van der Waals surface area contributed by atoms with Crippen LogP contribution in [-0.4, -0.2) is 41.5 Å². The van der Waals surface area contributed by atoms with Crippen molar-refractivity contribution in [1.29, 1.82) is 0 Å². The van der Waals surface area contributed by atoms with E-state index >= 15 is 0 Å². The van der Waals surface area contributed by atoms with Gasteiger partial charge in [-0.05, 0) is 56.0 Å². The molecule has 6 nitrogen and oxygen atoms in total. The number of carbonyl (C=O) groups excluding carboxylic acids is 1. The van der Waals surface area contributed by atoms with Gasteiger partial charge in [-0.25, -0.2) is 4.98 Å². The van der Waals surface area contributed by atoms with Crippen LogP contribution in [0.1, 0.15) is 41.7 Å². The molecule has 1 N–H and O–H groups in total. The molecule has 1 aliphatic carbocycles. The van der Waals surface area contributed by atoms with E-state index in [9.17, 15) is 18.0 Å².